The van der Waals surface area contributed by atoms with Crippen molar-refractivity contribution >= 4 is 11.5 Å². The number of likely N-dealkylation sites (N-methyl/N-ethyl adjacent to an activating group) is 1. The molecule has 1 aromatic carbocycles. The van der Waals surface area contributed by atoms with Gasteiger partial charge in [-0.2, -0.15) is 0 Å². The van der Waals surface area contributed by atoms with Gasteiger partial charge in [-0.15, -0.1) is 0 Å². The summed E-state index contributed by atoms with van der Waals surface area (Å²) < 4.78 is 10.4. The van der Waals surface area contributed by atoms with Crippen LogP contribution in [-0.2, 0) is 16.0 Å². The molecular formula is C18H28N2O3. The molecule has 0 unspecified atom stereocenters. The molecule has 1 fully saturated rings. The van der Waals surface area contributed by atoms with E-state index in [1.54, 1.807) is 7.11 Å². The van der Waals surface area contributed by atoms with Gasteiger partial charge in [0.1, 0.15) is 0 Å². The van der Waals surface area contributed by atoms with Gasteiger partial charge < -0.3 is 15.2 Å². The number of nitrogens with zero attached hydrogens (tertiary/aromatic N) is 1. The van der Waals surface area contributed by atoms with Crippen LogP contribution in [0, 0.1) is 5.92 Å². The molecule has 1 aromatic rings. The number of nitrogen functional groups attached to an aromatic ring is 1. The standard InChI is InChI=1S/C18H28N2O3/c1-20(7-10-22-2)13-15-3-4-17(19)16(11-15)18(21)12-14-5-8-23-9-6-14/h3-4,11,14H,5-10,12-13,19H2,1-2H3. The highest BCUT2D eigenvalue weighted by molar-refractivity contribution is 6.01. The Kier molecular flexibility index (Phi) is 7.02. The van der Waals surface area contributed by atoms with Gasteiger partial charge in [-0.1, -0.05) is 6.07 Å². The first kappa shape index (κ1) is 17.9. The number of ketones is 1. The number of carbonyl (C=O) groups excluding carboxylic acids is 1. The number of nitrogens with two attached hydrogens (primary N) is 1. The minimum atomic E-state index is 0.149. The van der Waals surface area contributed by atoms with Crippen LogP contribution < -0.4 is 5.73 Å². The number of Topliss-reactive ketones (excluding diaryl/α,β-unsaturated/α-hetero) is 1. The highest BCUT2D eigenvalue weighted by Crippen LogP contribution is 2.24. The Bertz CT molecular complexity index is 513. The van der Waals surface area contributed by atoms with E-state index in [0.717, 1.165) is 44.7 Å². The van der Waals surface area contributed by atoms with Gasteiger partial charge in [0.25, 0.3) is 0 Å². The monoisotopic (exact) mass is 320 g/mol. The summed E-state index contributed by atoms with van der Waals surface area (Å²) in [7, 11) is 3.74. The fourth-order valence-corrected chi connectivity index (χ4v) is 2.90. The van der Waals surface area contributed by atoms with Crippen molar-refractivity contribution in [2.24, 2.45) is 5.92 Å². The summed E-state index contributed by atoms with van der Waals surface area (Å²) in [6.07, 6.45) is 2.49. The van der Waals surface area contributed by atoms with E-state index in [2.05, 4.69) is 4.90 Å². The average molecular weight is 320 g/mol. The Hall–Kier alpha value is -1.43. The molecule has 5 nitrogen and oxygen atoms in total. The van der Waals surface area contributed by atoms with E-state index in [0.29, 0.717) is 30.2 Å². The highest BCUT2D eigenvalue weighted by Gasteiger charge is 2.20. The maximum absolute atomic E-state index is 12.6. The summed E-state index contributed by atoms with van der Waals surface area (Å²) in [4.78, 5) is 14.8. The maximum Gasteiger partial charge on any atom is 0.165 e. The minimum absolute atomic E-state index is 0.149. The largest absolute Gasteiger partial charge is 0.398 e. The van der Waals surface area contributed by atoms with Crippen LogP contribution in [-0.4, -0.2) is 51.2 Å². The molecule has 0 saturated carbocycles. The number of ether oxygens (including phenoxy) is 2. The lowest BCUT2D eigenvalue weighted by Gasteiger charge is -2.22. The van der Waals surface area contributed by atoms with Crippen LogP contribution in [0.25, 0.3) is 0 Å². The molecule has 0 radical (unpaired) electrons. The summed E-state index contributed by atoms with van der Waals surface area (Å²) in [5.74, 6) is 0.569. The van der Waals surface area contributed by atoms with E-state index in [-0.39, 0.29) is 5.78 Å². The van der Waals surface area contributed by atoms with Gasteiger partial charge in [-0.3, -0.25) is 9.69 Å². The number of hydrogen-bond donors (Lipinski definition) is 1. The zero-order valence-electron chi connectivity index (χ0n) is 14.2. The summed E-state index contributed by atoms with van der Waals surface area (Å²) in [6, 6.07) is 5.78. The molecule has 1 heterocycles. The molecule has 23 heavy (non-hydrogen) atoms. The Morgan fingerprint density at radius 1 is 1.39 bits per heavy atom. The van der Waals surface area contributed by atoms with E-state index in [4.69, 9.17) is 15.2 Å². The molecule has 0 atom stereocenters. The normalized spacial score (nSPS) is 16.0. The molecule has 0 aromatic heterocycles. The molecule has 0 amide bonds. The van der Waals surface area contributed by atoms with Crippen molar-refractivity contribution in [3.8, 4) is 0 Å². The predicted molar refractivity (Wildman–Crippen MR) is 91.6 cm³/mol. The Morgan fingerprint density at radius 3 is 2.83 bits per heavy atom. The first-order chi connectivity index (χ1) is 11.1. The smallest absolute Gasteiger partial charge is 0.165 e. The van der Waals surface area contributed by atoms with Crippen molar-refractivity contribution in [2.45, 2.75) is 25.8 Å². The third-order valence-electron chi connectivity index (χ3n) is 4.36. The molecule has 0 spiro atoms. The summed E-state index contributed by atoms with van der Waals surface area (Å²) in [5.41, 5.74) is 8.37. The Balaban J connectivity index is 1.99. The van der Waals surface area contributed by atoms with Crippen LogP contribution in [0.1, 0.15) is 35.2 Å². The number of carbonyl (C=O) groups is 1. The van der Waals surface area contributed by atoms with Crippen molar-refractivity contribution in [3.63, 3.8) is 0 Å². The molecule has 0 bridgehead atoms. The second kappa shape index (κ2) is 9.01. The van der Waals surface area contributed by atoms with Gasteiger partial charge in [-0.05, 0) is 43.5 Å². The topological polar surface area (TPSA) is 64.8 Å². The number of hydrogen-bond acceptors (Lipinski definition) is 5. The lowest BCUT2D eigenvalue weighted by molar-refractivity contribution is 0.0601. The number of rotatable bonds is 8. The van der Waals surface area contributed by atoms with Crippen LogP contribution in [0.4, 0.5) is 5.69 Å². The fraction of sp³-hybridized carbons (Fsp3) is 0.611. The summed E-state index contributed by atoms with van der Waals surface area (Å²) in [5, 5.41) is 0. The predicted octanol–water partition coefficient (Wildman–Crippen LogP) is 2.35. The fourth-order valence-electron chi connectivity index (χ4n) is 2.90. The van der Waals surface area contributed by atoms with E-state index >= 15 is 0 Å². The van der Waals surface area contributed by atoms with Crippen molar-refractivity contribution in [1.29, 1.82) is 0 Å². The van der Waals surface area contributed by atoms with Crippen LogP contribution >= 0.6 is 0 Å². The van der Waals surface area contributed by atoms with Crippen molar-refractivity contribution in [3.05, 3.63) is 29.3 Å². The molecular weight excluding hydrogens is 292 g/mol. The van der Waals surface area contributed by atoms with Crippen LogP contribution in [0.5, 0.6) is 0 Å². The van der Waals surface area contributed by atoms with Gasteiger partial charge in [-0.25, -0.2) is 0 Å². The van der Waals surface area contributed by atoms with Crippen molar-refractivity contribution < 1.29 is 14.3 Å². The molecule has 1 aliphatic rings. The second-order valence-corrected chi connectivity index (χ2v) is 6.34. The van der Waals surface area contributed by atoms with Gasteiger partial charge in [0.05, 0.1) is 6.61 Å². The van der Waals surface area contributed by atoms with Gasteiger partial charge in [0.2, 0.25) is 0 Å². The Labute approximate surface area is 138 Å². The second-order valence-electron chi connectivity index (χ2n) is 6.34. The van der Waals surface area contributed by atoms with Gasteiger partial charge in [0.15, 0.2) is 5.78 Å². The SMILES string of the molecule is COCCN(C)Cc1ccc(N)c(C(=O)CC2CCOCC2)c1. The summed E-state index contributed by atoms with van der Waals surface area (Å²) in [6.45, 7) is 3.85. The number of anilines is 1. The maximum atomic E-state index is 12.6. The number of benzene rings is 1. The van der Waals surface area contributed by atoms with E-state index in [1.807, 2.05) is 25.2 Å². The van der Waals surface area contributed by atoms with Gasteiger partial charge in [0, 0.05) is 51.1 Å². The first-order valence-corrected chi connectivity index (χ1v) is 8.27. The minimum Gasteiger partial charge on any atom is -0.398 e. The zero-order chi connectivity index (χ0) is 16.7. The van der Waals surface area contributed by atoms with E-state index < -0.39 is 0 Å². The molecule has 128 valence electrons. The lowest BCUT2D eigenvalue weighted by atomic mass is 9.91. The third kappa shape index (κ3) is 5.61. The summed E-state index contributed by atoms with van der Waals surface area (Å²) >= 11 is 0. The molecule has 1 saturated heterocycles. The van der Waals surface area contributed by atoms with Crippen molar-refractivity contribution in [2.75, 3.05) is 46.3 Å². The van der Waals surface area contributed by atoms with Gasteiger partial charge >= 0.3 is 0 Å². The van der Waals surface area contributed by atoms with Crippen LogP contribution in [0.2, 0.25) is 0 Å². The van der Waals surface area contributed by atoms with E-state index in [9.17, 15) is 4.79 Å². The van der Waals surface area contributed by atoms with Crippen molar-refractivity contribution in [1.82, 2.24) is 4.90 Å². The molecule has 2 rings (SSSR count). The Morgan fingerprint density at radius 2 is 2.13 bits per heavy atom. The lowest BCUT2D eigenvalue weighted by Crippen LogP contribution is -2.22. The molecule has 1 aliphatic heterocycles. The zero-order valence-corrected chi connectivity index (χ0v) is 14.2. The highest BCUT2D eigenvalue weighted by atomic mass is 16.5. The van der Waals surface area contributed by atoms with E-state index in [1.165, 1.54) is 0 Å². The third-order valence-corrected chi connectivity index (χ3v) is 4.36. The molecule has 0 aliphatic carbocycles. The first-order valence-electron chi connectivity index (χ1n) is 8.27. The number of methoxy groups -OCH3 is 1. The molecule has 2 N–H and O–H groups in total. The van der Waals surface area contributed by atoms with Crippen LogP contribution in [0.3, 0.4) is 0 Å². The average Bonchev–Trinajstić information content (AvgIpc) is 2.55. The van der Waals surface area contributed by atoms with Crippen LogP contribution in [0.15, 0.2) is 18.2 Å². The quantitative estimate of drug-likeness (QED) is 0.588. The molecule has 5 heteroatoms.